The van der Waals surface area contributed by atoms with Crippen LogP contribution in [0.4, 0.5) is 8.78 Å². The predicted molar refractivity (Wildman–Crippen MR) is 114 cm³/mol. The van der Waals surface area contributed by atoms with E-state index in [1.807, 2.05) is 0 Å². The fraction of sp³-hybridized carbons (Fsp3) is 0.429. The Labute approximate surface area is 187 Å². The zero-order chi connectivity index (χ0) is 22.2. The fourth-order valence-electron chi connectivity index (χ4n) is 3.48. The van der Waals surface area contributed by atoms with E-state index in [0.717, 1.165) is 6.07 Å². The Balaban J connectivity index is 1.31. The molecule has 2 heterocycles. The monoisotopic (exact) mass is 464 g/mol. The highest BCUT2D eigenvalue weighted by Crippen LogP contribution is 2.65. The van der Waals surface area contributed by atoms with E-state index in [1.54, 1.807) is 0 Å². The van der Waals surface area contributed by atoms with Crippen molar-refractivity contribution in [3.63, 3.8) is 0 Å². The van der Waals surface area contributed by atoms with E-state index in [-0.39, 0.29) is 17.1 Å². The van der Waals surface area contributed by atoms with Gasteiger partial charge in [0.25, 0.3) is 10.4 Å². The Bertz CT molecular complexity index is 1110. The lowest BCUT2D eigenvalue weighted by atomic mass is 10.1. The summed E-state index contributed by atoms with van der Waals surface area (Å²) in [6, 6.07) is 3.48. The van der Waals surface area contributed by atoms with E-state index in [9.17, 15) is 8.78 Å². The zero-order valence-corrected chi connectivity index (χ0v) is 19.2. The Kier molecular flexibility index (Phi) is 6.20. The lowest BCUT2D eigenvalue weighted by Crippen LogP contribution is -1.90. The summed E-state index contributed by atoms with van der Waals surface area (Å²) in [5.41, 5.74) is 1.75. The highest BCUT2D eigenvalue weighted by atomic mass is 32.2. The summed E-state index contributed by atoms with van der Waals surface area (Å²) in [5, 5.41) is 17.1. The molecule has 0 aliphatic heterocycles. The van der Waals surface area contributed by atoms with Crippen molar-refractivity contribution in [1.82, 2.24) is 20.4 Å². The molecule has 1 aliphatic carbocycles. The molecule has 3 aromatic rings. The van der Waals surface area contributed by atoms with Crippen LogP contribution in [0, 0.1) is 23.0 Å². The van der Waals surface area contributed by atoms with Gasteiger partial charge in [-0.2, -0.15) is 0 Å². The number of hydrogen-bond acceptors (Lipinski definition) is 8. The number of halogens is 2. The van der Waals surface area contributed by atoms with E-state index in [2.05, 4.69) is 54.2 Å². The predicted octanol–water partition coefficient (Wildman–Crippen LogP) is 6.02. The first-order chi connectivity index (χ1) is 14.7. The summed E-state index contributed by atoms with van der Waals surface area (Å²) in [6.07, 6.45) is 2.26. The molecule has 4 rings (SSSR count). The molecule has 2 aromatic heterocycles. The first-order valence-electron chi connectivity index (χ1n) is 9.74. The Morgan fingerprint density at radius 2 is 1.74 bits per heavy atom. The maximum absolute atomic E-state index is 13.7. The third kappa shape index (κ3) is 5.01. The van der Waals surface area contributed by atoms with Crippen molar-refractivity contribution in [2.75, 3.05) is 0 Å². The SMILES string of the molecule is CC(C)=C[C@@H]1[C@@H](c2nnc(SCc3nnc(SCc4ccc(F)cc4F)o3)o2)C1(C)C. The summed E-state index contributed by atoms with van der Waals surface area (Å²) in [6.45, 7) is 8.59. The first kappa shape index (κ1) is 22.0. The van der Waals surface area contributed by atoms with Gasteiger partial charge in [0.2, 0.25) is 11.8 Å². The van der Waals surface area contributed by atoms with E-state index < -0.39 is 11.6 Å². The van der Waals surface area contributed by atoms with Crippen molar-refractivity contribution in [2.24, 2.45) is 11.3 Å². The fourth-order valence-corrected chi connectivity index (χ4v) is 4.85. The highest BCUT2D eigenvalue weighted by molar-refractivity contribution is 7.98. The van der Waals surface area contributed by atoms with Gasteiger partial charge < -0.3 is 8.83 Å². The van der Waals surface area contributed by atoms with E-state index >= 15 is 0 Å². The van der Waals surface area contributed by atoms with Crippen molar-refractivity contribution in [2.45, 2.75) is 55.6 Å². The summed E-state index contributed by atoms with van der Waals surface area (Å²) >= 11 is 2.51. The Morgan fingerprint density at radius 3 is 2.48 bits per heavy atom. The van der Waals surface area contributed by atoms with Crippen molar-refractivity contribution < 1.29 is 17.6 Å². The third-order valence-corrected chi connectivity index (χ3v) is 6.92. The number of thioether (sulfide) groups is 2. The summed E-state index contributed by atoms with van der Waals surface area (Å²) in [4.78, 5) is 0. The molecule has 1 fully saturated rings. The second-order valence-corrected chi connectivity index (χ2v) is 10.1. The van der Waals surface area contributed by atoms with Crippen LogP contribution in [-0.2, 0) is 11.5 Å². The molecule has 0 spiro atoms. The third-order valence-electron chi connectivity index (χ3n) is 5.25. The van der Waals surface area contributed by atoms with Gasteiger partial charge in [0.1, 0.15) is 11.6 Å². The van der Waals surface area contributed by atoms with Crippen molar-refractivity contribution in [3.05, 3.63) is 58.8 Å². The highest BCUT2D eigenvalue weighted by Gasteiger charge is 2.60. The van der Waals surface area contributed by atoms with Gasteiger partial charge in [-0.1, -0.05) is 55.1 Å². The molecule has 1 aromatic carbocycles. The molecule has 164 valence electrons. The van der Waals surface area contributed by atoms with Gasteiger partial charge in [0, 0.05) is 17.7 Å². The number of rotatable bonds is 8. The molecule has 0 radical (unpaired) electrons. The lowest BCUT2D eigenvalue weighted by Gasteiger charge is -2.00. The summed E-state index contributed by atoms with van der Waals surface area (Å²) in [7, 11) is 0. The van der Waals surface area contributed by atoms with Crippen LogP contribution < -0.4 is 0 Å². The molecular formula is C21H22F2N4O2S2. The van der Waals surface area contributed by atoms with E-state index in [0.29, 0.717) is 39.5 Å². The van der Waals surface area contributed by atoms with Crippen molar-refractivity contribution >= 4 is 23.5 Å². The standard InChI is InChI=1S/C21H22F2N4O2S2/c1-11(2)7-14-17(21(14,3)4)18-25-27-20(29-18)31-10-16-24-26-19(28-16)30-9-12-5-6-13(22)8-15(12)23/h5-8,14,17H,9-10H2,1-4H3/t14-,17+/m1/s1. The largest absolute Gasteiger partial charge is 0.416 e. The van der Waals surface area contributed by atoms with Crippen LogP contribution in [0.1, 0.15) is 51.0 Å². The van der Waals surface area contributed by atoms with Gasteiger partial charge in [-0.15, -0.1) is 20.4 Å². The second kappa shape index (κ2) is 8.74. The summed E-state index contributed by atoms with van der Waals surface area (Å²) in [5.74, 6) is 1.12. The van der Waals surface area contributed by atoms with Gasteiger partial charge in [-0.05, 0) is 36.8 Å². The van der Waals surface area contributed by atoms with Gasteiger partial charge in [0.15, 0.2) is 0 Å². The summed E-state index contributed by atoms with van der Waals surface area (Å²) < 4.78 is 38.1. The van der Waals surface area contributed by atoms with Crippen molar-refractivity contribution in [3.8, 4) is 0 Å². The molecule has 0 saturated heterocycles. The second-order valence-electron chi connectivity index (χ2n) is 8.25. The maximum Gasteiger partial charge on any atom is 0.277 e. The van der Waals surface area contributed by atoms with Gasteiger partial charge in [0.05, 0.1) is 5.75 Å². The first-order valence-corrected chi connectivity index (χ1v) is 11.7. The number of nitrogens with zero attached hydrogens (tertiary/aromatic N) is 4. The molecule has 0 bridgehead atoms. The van der Waals surface area contributed by atoms with E-state index in [1.165, 1.54) is 41.2 Å². The maximum atomic E-state index is 13.7. The molecule has 10 heteroatoms. The zero-order valence-electron chi connectivity index (χ0n) is 17.6. The molecule has 1 aliphatic rings. The average Bonchev–Trinajstić information content (AvgIpc) is 3.11. The Morgan fingerprint density at radius 1 is 1.03 bits per heavy atom. The van der Waals surface area contributed by atoms with Crippen LogP contribution >= 0.6 is 23.5 Å². The molecule has 2 atom stereocenters. The van der Waals surface area contributed by atoms with Gasteiger partial charge in [-0.25, -0.2) is 8.78 Å². The molecule has 0 N–H and O–H groups in total. The van der Waals surface area contributed by atoms with Crippen LogP contribution in [0.2, 0.25) is 0 Å². The normalized spacial score (nSPS) is 19.4. The van der Waals surface area contributed by atoms with Crippen molar-refractivity contribution in [1.29, 1.82) is 0 Å². The van der Waals surface area contributed by atoms with Crippen LogP contribution in [-0.4, -0.2) is 20.4 Å². The van der Waals surface area contributed by atoms with Crippen LogP contribution in [0.25, 0.3) is 0 Å². The molecule has 6 nitrogen and oxygen atoms in total. The number of aromatic nitrogens is 4. The van der Waals surface area contributed by atoms with Crippen LogP contribution in [0.15, 0.2) is 49.1 Å². The Hall–Kier alpha value is -2.20. The minimum absolute atomic E-state index is 0.106. The van der Waals surface area contributed by atoms with Crippen LogP contribution in [0.5, 0.6) is 0 Å². The number of hydrogen-bond donors (Lipinski definition) is 0. The minimum Gasteiger partial charge on any atom is -0.416 e. The molecule has 0 unspecified atom stereocenters. The number of allylic oxidation sites excluding steroid dienone is 2. The average molecular weight is 465 g/mol. The number of benzene rings is 1. The van der Waals surface area contributed by atoms with Gasteiger partial charge in [-0.3, -0.25) is 0 Å². The van der Waals surface area contributed by atoms with E-state index in [4.69, 9.17) is 8.83 Å². The molecule has 31 heavy (non-hydrogen) atoms. The molecular weight excluding hydrogens is 442 g/mol. The molecule has 0 amide bonds. The lowest BCUT2D eigenvalue weighted by molar-refractivity contribution is 0.398. The molecule has 1 saturated carbocycles. The topological polar surface area (TPSA) is 77.8 Å². The van der Waals surface area contributed by atoms with Gasteiger partial charge >= 0.3 is 0 Å². The van der Waals surface area contributed by atoms with Crippen LogP contribution in [0.3, 0.4) is 0 Å². The minimum atomic E-state index is -0.606. The smallest absolute Gasteiger partial charge is 0.277 e. The quantitative estimate of drug-likeness (QED) is 0.296.